The number of amides is 1. The lowest BCUT2D eigenvalue weighted by Crippen LogP contribution is -2.26. The minimum atomic E-state index is -0.129. The Bertz CT molecular complexity index is 831. The number of carbonyl (C=O) groups excluding carboxylic acids is 1. The SMILES string of the molecule is CN(Cc1ccc(Cl)s1)C(=O)c1[nH]nc(-c2ccccc2)c1Br. The highest BCUT2D eigenvalue weighted by Gasteiger charge is 2.21. The second-order valence-corrected chi connectivity index (χ2v) is 7.59. The quantitative estimate of drug-likeness (QED) is 0.670. The van der Waals surface area contributed by atoms with E-state index in [1.54, 1.807) is 11.9 Å². The van der Waals surface area contributed by atoms with Crippen molar-refractivity contribution in [3.05, 3.63) is 61.8 Å². The van der Waals surface area contributed by atoms with Crippen LogP contribution in [0.25, 0.3) is 11.3 Å². The van der Waals surface area contributed by atoms with Gasteiger partial charge in [-0.2, -0.15) is 5.10 Å². The Labute approximate surface area is 151 Å². The Morgan fingerprint density at radius 1 is 1.30 bits per heavy atom. The van der Waals surface area contributed by atoms with Gasteiger partial charge in [0, 0.05) is 17.5 Å². The normalized spacial score (nSPS) is 10.7. The maximum Gasteiger partial charge on any atom is 0.273 e. The molecule has 0 fully saturated rings. The first-order valence-corrected chi connectivity index (χ1v) is 8.84. The standard InChI is InChI=1S/C16H13BrClN3OS/c1-21(9-11-7-8-12(18)23-11)16(22)15-13(17)14(19-20-15)10-5-3-2-4-6-10/h2-8H,9H2,1H3,(H,19,20). The molecule has 2 heterocycles. The molecule has 0 unspecified atom stereocenters. The summed E-state index contributed by atoms with van der Waals surface area (Å²) >= 11 is 10.9. The Balaban J connectivity index is 1.81. The Morgan fingerprint density at radius 3 is 2.70 bits per heavy atom. The third-order valence-electron chi connectivity index (χ3n) is 3.34. The van der Waals surface area contributed by atoms with E-state index in [0.717, 1.165) is 20.5 Å². The molecule has 23 heavy (non-hydrogen) atoms. The molecule has 7 heteroatoms. The first-order valence-electron chi connectivity index (χ1n) is 6.85. The summed E-state index contributed by atoms with van der Waals surface area (Å²) in [6.07, 6.45) is 0. The van der Waals surface area contributed by atoms with Crippen LogP contribution in [0, 0.1) is 0 Å². The predicted octanol–water partition coefficient (Wildman–Crippen LogP) is 4.83. The van der Waals surface area contributed by atoms with Gasteiger partial charge in [0.2, 0.25) is 0 Å². The molecule has 0 saturated carbocycles. The van der Waals surface area contributed by atoms with E-state index in [1.807, 2.05) is 42.5 Å². The average Bonchev–Trinajstić information content (AvgIpc) is 3.13. The van der Waals surface area contributed by atoms with E-state index in [1.165, 1.54) is 11.3 Å². The molecule has 3 rings (SSSR count). The lowest BCUT2D eigenvalue weighted by molar-refractivity contribution is 0.0779. The number of aromatic amines is 1. The van der Waals surface area contributed by atoms with Gasteiger partial charge in [0.05, 0.1) is 15.4 Å². The lowest BCUT2D eigenvalue weighted by atomic mass is 10.1. The molecule has 0 saturated heterocycles. The summed E-state index contributed by atoms with van der Waals surface area (Å²) < 4.78 is 1.39. The van der Waals surface area contributed by atoms with E-state index < -0.39 is 0 Å². The van der Waals surface area contributed by atoms with Gasteiger partial charge in [0.1, 0.15) is 11.4 Å². The first-order chi connectivity index (χ1) is 11.1. The molecule has 0 aliphatic rings. The van der Waals surface area contributed by atoms with Crippen LogP contribution in [0.1, 0.15) is 15.4 Å². The Hall–Kier alpha value is -1.63. The van der Waals surface area contributed by atoms with Crippen molar-refractivity contribution in [3.63, 3.8) is 0 Å². The van der Waals surface area contributed by atoms with Crippen LogP contribution < -0.4 is 0 Å². The van der Waals surface area contributed by atoms with E-state index >= 15 is 0 Å². The van der Waals surface area contributed by atoms with Gasteiger partial charge >= 0.3 is 0 Å². The summed E-state index contributed by atoms with van der Waals surface area (Å²) in [5, 5.41) is 7.10. The molecule has 0 aliphatic carbocycles. The van der Waals surface area contributed by atoms with Crippen LogP contribution in [0.2, 0.25) is 4.34 Å². The van der Waals surface area contributed by atoms with Gasteiger partial charge < -0.3 is 4.90 Å². The summed E-state index contributed by atoms with van der Waals surface area (Å²) in [5.41, 5.74) is 2.11. The van der Waals surface area contributed by atoms with Crippen LogP contribution in [-0.2, 0) is 6.54 Å². The zero-order chi connectivity index (χ0) is 16.4. The molecule has 0 radical (unpaired) electrons. The first kappa shape index (κ1) is 16.2. The van der Waals surface area contributed by atoms with E-state index in [4.69, 9.17) is 11.6 Å². The van der Waals surface area contributed by atoms with Crippen molar-refractivity contribution in [1.29, 1.82) is 0 Å². The zero-order valence-electron chi connectivity index (χ0n) is 12.2. The van der Waals surface area contributed by atoms with Gasteiger partial charge in [0.25, 0.3) is 5.91 Å². The number of hydrogen-bond donors (Lipinski definition) is 1. The summed E-state index contributed by atoms with van der Waals surface area (Å²) in [6.45, 7) is 0.502. The topological polar surface area (TPSA) is 49.0 Å². The third kappa shape index (κ3) is 3.49. The Kier molecular flexibility index (Phi) is 4.84. The zero-order valence-corrected chi connectivity index (χ0v) is 15.4. The van der Waals surface area contributed by atoms with Crippen molar-refractivity contribution in [3.8, 4) is 11.3 Å². The number of halogens is 2. The van der Waals surface area contributed by atoms with Gasteiger partial charge in [0.15, 0.2) is 0 Å². The van der Waals surface area contributed by atoms with Crippen molar-refractivity contribution in [2.45, 2.75) is 6.54 Å². The van der Waals surface area contributed by atoms with Crippen LogP contribution >= 0.6 is 38.9 Å². The van der Waals surface area contributed by atoms with E-state index in [-0.39, 0.29) is 5.91 Å². The fourth-order valence-electron chi connectivity index (χ4n) is 2.19. The van der Waals surface area contributed by atoms with Crippen molar-refractivity contribution < 1.29 is 4.79 Å². The van der Waals surface area contributed by atoms with Crippen molar-refractivity contribution >= 4 is 44.8 Å². The predicted molar refractivity (Wildman–Crippen MR) is 96.9 cm³/mol. The molecular weight excluding hydrogens is 398 g/mol. The molecular formula is C16H13BrClN3OS. The number of rotatable bonds is 4. The molecule has 0 aliphatic heterocycles. The second-order valence-electron chi connectivity index (χ2n) is 4.99. The highest BCUT2D eigenvalue weighted by atomic mass is 79.9. The van der Waals surface area contributed by atoms with Crippen molar-refractivity contribution in [1.82, 2.24) is 15.1 Å². The largest absolute Gasteiger partial charge is 0.335 e. The molecule has 3 aromatic rings. The molecule has 1 N–H and O–H groups in total. The number of thiophene rings is 1. The summed E-state index contributed by atoms with van der Waals surface area (Å²) in [6, 6.07) is 13.5. The third-order valence-corrected chi connectivity index (χ3v) is 5.32. The maximum absolute atomic E-state index is 12.6. The van der Waals surface area contributed by atoms with E-state index in [2.05, 4.69) is 26.1 Å². The molecule has 2 aromatic heterocycles. The number of H-pyrrole nitrogens is 1. The monoisotopic (exact) mass is 409 g/mol. The van der Waals surface area contributed by atoms with Crippen LogP contribution in [0.4, 0.5) is 0 Å². The fourth-order valence-corrected chi connectivity index (χ4v) is 3.91. The van der Waals surface area contributed by atoms with Gasteiger partial charge in [-0.05, 0) is 28.1 Å². The van der Waals surface area contributed by atoms with Crippen molar-refractivity contribution in [2.24, 2.45) is 0 Å². The van der Waals surface area contributed by atoms with E-state index in [0.29, 0.717) is 16.7 Å². The molecule has 0 atom stereocenters. The lowest BCUT2D eigenvalue weighted by Gasteiger charge is -2.15. The molecule has 4 nitrogen and oxygen atoms in total. The van der Waals surface area contributed by atoms with Gasteiger partial charge in [-0.3, -0.25) is 9.89 Å². The highest BCUT2D eigenvalue weighted by Crippen LogP contribution is 2.30. The second kappa shape index (κ2) is 6.86. The molecule has 0 bridgehead atoms. The number of aromatic nitrogens is 2. The summed E-state index contributed by atoms with van der Waals surface area (Å²) in [4.78, 5) is 15.3. The molecule has 1 aromatic carbocycles. The Morgan fingerprint density at radius 2 is 2.04 bits per heavy atom. The number of nitrogens with zero attached hydrogens (tertiary/aromatic N) is 2. The summed E-state index contributed by atoms with van der Waals surface area (Å²) in [5.74, 6) is -0.129. The fraction of sp³-hybridized carbons (Fsp3) is 0.125. The van der Waals surface area contributed by atoms with Crippen molar-refractivity contribution in [2.75, 3.05) is 7.05 Å². The number of benzene rings is 1. The van der Waals surface area contributed by atoms with Gasteiger partial charge in [-0.25, -0.2) is 0 Å². The maximum atomic E-state index is 12.6. The average molecular weight is 411 g/mol. The number of hydrogen-bond acceptors (Lipinski definition) is 3. The minimum Gasteiger partial charge on any atom is -0.335 e. The van der Waals surface area contributed by atoms with Crippen LogP contribution in [-0.4, -0.2) is 28.1 Å². The van der Waals surface area contributed by atoms with Gasteiger partial charge in [-0.1, -0.05) is 41.9 Å². The smallest absolute Gasteiger partial charge is 0.273 e. The molecule has 1 amide bonds. The van der Waals surface area contributed by atoms with Crippen LogP contribution in [0.15, 0.2) is 46.9 Å². The molecule has 0 spiro atoms. The molecule has 118 valence electrons. The summed E-state index contributed by atoms with van der Waals surface area (Å²) in [7, 11) is 1.76. The van der Waals surface area contributed by atoms with Crippen LogP contribution in [0.3, 0.4) is 0 Å². The minimum absolute atomic E-state index is 0.129. The van der Waals surface area contributed by atoms with E-state index in [9.17, 15) is 4.79 Å². The number of carbonyl (C=O) groups is 1. The highest BCUT2D eigenvalue weighted by molar-refractivity contribution is 9.10. The van der Waals surface area contributed by atoms with Gasteiger partial charge in [-0.15, -0.1) is 11.3 Å². The van der Waals surface area contributed by atoms with Crippen LogP contribution in [0.5, 0.6) is 0 Å². The number of nitrogens with one attached hydrogen (secondary N) is 1.